The number of fused-ring (bicyclic) bond motifs is 1. The first-order valence-corrected chi connectivity index (χ1v) is 6.56. The first-order valence-electron chi connectivity index (χ1n) is 6.56. The van der Waals surface area contributed by atoms with Gasteiger partial charge in [0, 0.05) is 19.2 Å². The van der Waals surface area contributed by atoms with Crippen LogP contribution in [-0.4, -0.2) is 33.0 Å². The molecule has 0 saturated carbocycles. The predicted octanol–water partition coefficient (Wildman–Crippen LogP) is 2.12. The lowest BCUT2D eigenvalue weighted by Crippen LogP contribution is -2.30. The highest BCUT2D eigenvalue weighted by molar-refractivity contribution is 5.72. The molecule has 1 aromatic carbocycles. The van der Waals surface area contributed by atoms with Crippen LogP contribution in [0.15, 0.2) is 12.1 Å². The Morgan fingerprint density at radius 2 is 1.89 bits per heavy atom. The van der Waals surface area contributed by atoms with Crippen LogP contribution in [0.25, 0.3) is 0 Å². The SMILES string of the molecule is COCC(Nc1cc2c(cc1N)OCCO2)C(C)C. The van der Waals surface area contributed by atoms with E-state index in [9.17, 15) is 0 Å². The molecule has 0 bridgehead atoms. The van der Waals surface area contributed by atoms with Gasteiger partial charge in [-0.3, -0.25) is 0 Å². The number of benzene rings is 1. The van der Waals surface area contributed by atoms with Crippen molar-refractivity contribution in [2.45, 2.75) is 19.9 Å². The molecule has 1 heterocycles. The number of nitrogen functional groups attached to an aromatic ring is 1. The molecular formula is C14H22N2O3. The van der Waals surface area contributed by atoms with Crippen molar-refractivity contribution < 1.29 is 14.2 Å². The summed E-state index contributed by atoms with van der Waals surface area (Å²) >= 11 is 0. The van der Waals surface area contributed by atoms with Crippen LogP contribution >= 0.6 is 0 Å². The summed E-state index contributed by atoms with van der Waals surface area (Å²) in [5.41, 5.74) is 7.57. The van der Waals surface area contributed by atoms with Crippen LogP contribution < -0.4 is 20.5 Å². The number of hydrogen-bond donors (Lipinski definition) is 2. The molecule has 3 N–H and O–H groups in total. The maximum atomic E-state index is 6.05. The van der Waals surface area contributed by atoms with Crippen molar-refractivity contribution in [1.29, 1.82) is 0 Å². The summed E-state index contributed by atoms with van der Waals surface area (Å²) in [6.07, 6.45) is 0. The number of methoxy groups -OCH3 is 1. The van der Waals surface area contributed by atoms with E-state index in [1.165, 1.54) is 0 Å². The van der Waals surface area contributed by atoms with E-state index >= 15 is 0 Å². The maximum absolute atomic E-state index is 6.05. The van der Waals surface area contributed by atoms with Gasteiger partial charge in [-0.1, -0.05) is 13.8 Å². The summed E-state index contributed by atoms with van der Waals surface area (Å²) in [7, 11) is 1.70. The third-order valence-electron chi connectivity index (χ3n) is 3.21. The minimum Gasteiger partial charge on any atom is -0.486 e. The molecule has 1 atom stereocenters. The van der Waals surface area contributed by atoms with E-state index in [0.29, 0.717) is 37.2 Å². The molecule has 1 aliphatic heterocycles. The molecule has 1 aromatic rings. The molecule has 0 saturated heterocycles. The van der Waals surface area contributed by atoms with Gasteiger partial charge in [0.15, 0.2) is 11.5 Å². The number of ether oxygens (including phenoxy) is 3. The van der Waals surface area contributed by atoms with E-state index in [-0.39, 0.29) is 6.04 Å². The molecule has 0 radical (unpaired) electrons. The molecule has 0 amide bonds. The van der Waals surface area contributed by atoms with Gasteiger partial charge in [0.25, 0.3) is 0 Å². The van der Waals surface area contributed by atoms with Gasteiger partial charge < -0.3 is 25.3 Å². The third-order valence-corrected chi connectivity index (χ3v) is 3.21. The molecule has 1 aliphatic rings. The summed E-state index contributed by atoms with van der Waals surface area (Å²) in [6.45, 7) is 6.06. The minimum absolute atomic E-state index is 0.204. The first-order chi connectivity index (χ1) is 9.11. The van der Waals surface area contributed by atoms with Crippen molar-refractivity contribution in [2.24, 2.45) is 5.92 Å². The second-order valence-corrected chi connectivity index (χ2v) is 5.03. The normalized spacial score (nSPS) is 15.4. The minimum atomic E-state index is 0.204. The molecule has 0 fully saturated rings. The topological polar surface area (TPSA) is 65.7 Å². The fourth-order valence-corrected chi connectivity index (χ4v) is 2.01. The molecule has 5 nitrogen and oxygen atoms in total. The third kappa shape index (κ3) is 3.23. The van der Waals surface area contributed by atoms with E-state index in [0.717, 1.165) is 11.4 Å². The molecule has 106 valence electrons. The number of nitrogens with two attached hydrogens (primary N) is 1. The molecular weight excluding hydrogens is 244 g/mol. The van der Waals surface area contributed by atoms with Crippen LogP contribution in [0.5, 0.6) is 11.5 Å². The van der Waals surface area contributed by atoms with E-state index in [1.807, 2.05) is 6.07 Å². The summed E-state index contributed by atoms with van der Waals surface area (Å²) in [6, 6.07) is 3.91. The van der Waals surface area contributed by atoms with Crippen LogP contribution in [0.3, 0.4) is 0 Å². The van der Waals surface area contributed by atoms with Gasteiger partial charge in [0.2, 0.25) is 0 Å². The Hall–Kier alpha value is -1.62. The Bertz CT molecular complexity index is 435. The Labute approximate surface area is 114 Å². The molecule has 0 spiro atoms. The molecule has 2 rings (SSSR count). The van der Waals surface area contributed by atoms with E-state index in [1.54, 1.807) is 13.2 Å². The fourth-order valence-electron chi connectivity index (χ4n) is 2.01. The Balaban J connectivity index is 2.19. The van der Waals surface area contributed by atoms with Crippen molar-refractivity contribution in [3.8, 4) is 11.5 Å². The predicted molar refractivity (Wildman–Crippen MR) is 76.0 cm³/mol. The Morgan fingerprint density at radius 1 is 1.26 bits per heavy atom. The first kappa shape index (κ1) is 13.8. The van der Waals surface area contributed by atoms with E-state index in [2.05, 4.69) is 19.2 Å². The van der Waals surface area contributed by atoms with Gasteiger partial charge in [0.1, 0.15) is 13.2 Å². The van der Waals surface area contributed by atoms with Crippen molar-refractivity contribution in [3.63, 3.8) is 0 Å². The molecule has 0 aromatic heterocycles. The Morgan fingerprint density at radius 3 is 2.47 bits per heavy atom. The van der Waals surface area contributed by atoms with Gasteiger partial charge in [-0.2, -0.15) is 0 Å². The van der Waals surface area contributed by atoms with Crippen LogP contribution in [0.4, 0.5) is 11.4 Å². The number of hydrogen-bond acceptors (Lipinski definition) is 5. The standard InChI is InChI=1S/C14H22N2O3/c1-9(2)12(8-17-3)16-11-7-14-13(6-10(11)15)18-4-5-19-14/h6-7,9,12,16H,4-5,8,15H2,1-3H3. The average molecular weight is 266 g/mol. The largest absolute Gasteiger partial charge is 0.486 e. The lowest BCUT2D eigenvalue weighted by Gasteiger charge is -2.25. The second kappa shape index (κ2) is 6.02. The summed E-state index contributed by atoms with van der Waals surface area (Å²) in [5, 5.41) is 3.41. The number of rotatable bonds is 5. The zero-order valence-corrected chi connectivity index (χ0v) is 11.7. The Kier molecular flexibility index (Phi) is 4.37. The lowest BCUT2D eigenvalue weighted by molar-refractivity contribution is 0.169. The molecule has 5 heteroatoms. The molecule has 19 heavy (non-hydrogen) atoms. The van der Waals surface area contributed by atoms with Gasteiger partial charge in [-0.05, 0) is 5.92 Å². The highest BCUT2D eigenvalue weighted by Gasteiger charge is 2.18. The van der Waals surface area contributed by atoms with Crippen molar-refractivity contribution >= 4 is 11.4 Å². The van der Waals surface area contributed by atoms with Gasteiger partial charge in [-0.25, -0.2) is 0 Å². The zero-order chi connectivity index (χ0) is 13.8. The van der Waals surface area contributed by atoms with Crippen LogP contribution in [-0.2, 0) is 4.74 Å². The monoisotopic (exact) mass is 266 g/mol. The smallest absolute Gasteiger partial charge is 0.163 e. The van der Waals surface area contributed by atoms with E-state index in [4.69, 9.17) is 19.9 Å². The number of anilines is 2. The highest BCUT2D eigenvalue weighted by atomic mass is 16.6. The lowest BCUT2D eigenvalue weighted by atomic mass is 10.0. The van der Waals surface area contributed by atoms with Crippen molar-refractivity contribution in [1.82, 2.24) is 0 Å². The second-order valence-electron chi connectivity index (χ2n) is 5.03. The van der Waals surface area contributed by atoms with Gasteiger partial charge in [-0.15, -0.1) is 0 Å². The summed E-state index contributed by atoms with van der Waals surface area (Å²) in [4.78, 5) is 0. The van der Waals surface area contributed by atoms with Gasteiger partial charge >= 0.3 is 0 Å². The van der Waals surface area contributed by atoms with Crippen LogP contribution in [0, 0.1) is 5.92 Å². The van der Waals surface area contributed by atoms with Crippen molar-refractivity contribution in [2.75, 3.05) is 38.0 Å². The van der Waals surface area contributed by atoms with Crippen LogP contribution in [0.2, 0.25) is 0 Å². The average Bonchev–Trinajstić information content (AvgIpc) is 2.38. The van der Waals surface area contributed by atoms with E-state index < -0.39 is 0 Å². The summed E-state index contributed by atoms with van der Waals surface area (Å²) < 4.78 is 16.3. The zero-order valence-electron chi connectivity index (χ0n) is 11.7. The quantitative estimate of drug-likeness (QED) is 0.799. The molecule has 0 aliphatic carbocycles. The summed E-state index contributed by atoms with van der Waals surface area (Å²) in [5.74, 6) is 1.89. The molecule has 1 unspecified atom stereocenters. The van der Waals surface area contributed by atoms with Crippen molar-refractivity contribution in [3.05, 3.63) is 12.1 Å². The van der Waals surface area contributed by atoms with Gasteiger partial charge in [0.05, 0.1) is 24.0 Å². The van der Waals surface area contributed by atoms with Crippen LogP contribution in [0.1, 0.15) is 13.8 Å². The highest BCUT2D eigenvalue weighted by Crippen LogP contribution is 2.37. The fraction of sp³-hybridized carbons (Fsp3) is 0.571. The number of nitrogens with one attached hydrogen (secondary N) is 1. The maximum Gasteiger partial charge on any atom is 0.163 e.